The lowest BCUT2D eigenvalue weighted by Crippen LogP contribution is -2.22. The third-order valence-corrected chi connectivity index (χ3v) is 4.08. The van der Waals surface area contributed by atoms with Gasteiger partial charge in [0.1, 0.15) is 0 Å². The van der Waals surface area contributed by atoms with Gasteiger partial charge in [-0.15, -0.1) is 11.8 Å². The molecule has 4 heteroatoms. The summed E-state index contributed by atoms with van der Waals surface area (Å²) in [7, 11) is 3.35. The SMILES string of the molecule is COc1cccc(C2NC(C)CS2)c1OC. The molecule has 0 spiro atoms. The summed E-state index contributed by atoms with van der Waals surface area (Å²) in [6, 6.07) is 6.56. The molecule has 1 fully saturated rings. The van der Waals surface area contributed by atoms with Crippen LogP contribution in [0.1, 0.15) is 17.9 Å². The number of ether oxygens (including phenoxy) is 2. The van der Waals surface area contributed by atoms with Crippen molar-refractivity contribution >= 4 is 11.8 Å². The van der Waals surface area contributed by atoms with Crippen molar-refractivity contribution in [2.45, 2.75) is 18.3 Å². The molecule has 0 radical (unpaired) electrons. The minimum Gasteiger partial charge on any atom is -0.493 e. The second-order valence-electron chi connectivity index (χ2n) is 3.86. The molecule has 1 aliphatic heterocycles. The summed E-state index contributed by atoms with van der Waals surface area (Å²) in [6.45, 7) is 2.19. The van der Waals surface area contributed by atoms with Crippen molar-refractivity contribution in [3.8, 4) is 11.5 Å². The molecule has 0 saturated carbocycles. The Morgan fingerprint density at radius 3 is 2.69 bits per heavy atom. The maximum Gasteiger partial charge on any atom is 0.166 e. The number of thioether (sulfide) groups is 1. The molecule has 88 valence electrons. The normalized spacial score (nSPS) is 24.4. The van der Waals surface area contributed by atoms with Gasteiger partial charge in [-0.3, -0.25) is 5.32 Å². The first kappa shape index (κ1) is 11.6. The molecule has 1 saturated heterocycles. The van der Waals surface area contributed by atoms with E-state index in [1.165, 1.54) is 0 Å². The number of hydrogen-bond donors (Lipinski definition) is 1. The van der Waals surface area contributed by atoms with Crippen LogP contribution in [0.3, 0.4) is 0 Å². The number of benzene rings is 1. The predicted octanol–water partition coefficient (Wildman–Crippen LogP) is 2.43. The van der Waals surface area contributed by atoms with Gasteiger partial charge in [0.15, 0.2) is 11.5 Å². The standard InChI is InChI=1S/C12H17NO2S/c1-8-7-16-12(13-8)9-5-4-6-10(14-2)11(9)15-3/h4-6,8,12-13H,7H2,1-3H3. The molecule has 1 N–H and O–H groups in total. The first-order valence-electron chi connectivity index (χ1n) is 5.34. The Morgan fingerprint density at radius 2 is 2.12 bits per heavy atom. The van der Waals surface area contributed by atoms with Crippen molar-refractivity contribution in [3.63, 3.8) is 0 Å². The number of para-hydroxylation sites is 1. The number of hydrogen-bond acceptors (Lipinski definition) is 4. The van der Waals surface area contributed by atoms with Crippen LogP contribution in [0.2, 0.25) is 0 Å². The average Bonchev–Trinajstić information content (AvgIpc) is 2.74. The predicted molar refractivity (Wildman–Crippen MR) is 67.3 cm³/mol. The molecule has 0 bridgehead atoms. The fraction of sp³-hybridized carbons (Fsp3) is 0.500. The zero-order valence-corrected chi connectivity index (χ0v) is 10.6. The average molecular weight is 239 g/mol. The Morgan fingerprint density at radius 1 is 1.31 bits per heavy atom. The monoisotopic (exact) mass is 239 g/mol. The molecule has 16 heavy (non-hydrogen) atoms. The maximum absolute atomic E-state index is 5.44. The van der Waals surface area contributed by atoms with Crippen LogP contribution in [0.25, 0.3) is 0 Å². The van der Waals surface area contributed by atoms with Gasteiger partial charge in [0, 0.05) is 17.4 Å². The highest BCUT2D eigenvalue weighted by Gasteiger charge is 2.26. The Labute approximate surface area is 101 Å². The van der Waals surface area contributed by atoms with Crippen molar-refractivity contribution in [2.75, 3.05) is 20.0 Å². The van der Waals surface area contributed by atoms with Gasteiger partial charge in [-0.1, -0.05) is 12.1 Å². The lowest BCUT2D eigenvalue weighted by molar-refractivity contribution is 0.350. The van der Waals surface area contributed by atoms with Gasteiger partial charge in [-0.25, -0.2) is 0 Å². The Hall–Kier alpha value is -0.870. The van der Waals surface area contributed by atoms with Gasteiger partial charge in [0.05, 0.1) is 19.6 Å². The summed E-state index contributed by atoms with van der Waals surface area (Å²) < 4.78 is 10.7. The lowest BCUT2D eigenvalue weighted by Gasteiger charge is -2.17. The van der Waals surface area contributed by atoms with Crippen molar-refractivity contribution < 1.29 is 9.47 Å². The summed E-state index contributed by atoms with van der Waals surface area (Å²) in [5.41, 5.74) is 1.16. The molecular formula is C12H17NO2S. The van der Waals surface area contributed by atoms with Crippen LogP contribution in [0.5, 0.6) is 11.5 Å². The maximum atomic E-state index is 5.44. The van der Waals surface area contributed by atoms with Crippen LogP contribution in [0.4, 0.5) is 0 Å². The highest BCUT2D eigenvalue weighted by Crippen LogP contribution is 2.41. The zero-order valence-electron chi connectivity index (χ0n) is 9.82. The van der Waals surface area contributed by atoms with Crippen LogP contribution in [0.15, 0.2) is 18.2 Å². The van der Waals surface area contributed by atoms with Crippen LogP contribution in [-0.4, -0.2) is 26.0 Å². The van der Waals surface area contributed by atoms with E-state index in [1.54, 1.807) is 14.2 Å². The van der Waals surface area contributed by atoms with E-state index in [0.717, 1.165) is 22.8 Å². The molecule has 2 rings (SSSR count). The molecule has 2 unspecified atom stereocenters. The second-order valence-corrected chi connectivity index (χ2v) is 5.00. The van der Waals surface area contributed by atoms with Crippen molar-refractivity contribution in [3.05, 3.63) is 23.8 Å². The molecule has 1 aliphatic rings. The molecule has 1 aromatic rings. The fourth-order valence-corrected chi connectivity index (χ4v) is 3.16. The lowest BCUT2D eigenvalue weighted by atomic mass is 10.1. The Balaban J connectivity index is 2.32. The number of rotatable bonds is 3. The highest BCUT2D eigenvalue weighted by molar-refractivity contribution is 7.99. The number of nitrogens with one attached hydrogen (secondary N) is 1. The van der Waals surface area contributed by atoms with Gasteiger partial charge >= 0.3 is 0 Å². The quantitative estimate of drug-likeness (QED) is 0.877. The molecule has 0 amide bonds. The van der Waals surface area contributed by atoms with E-state index >= 15 is 0 Å². The van der Waals surface area contributed by atoms with Crippen LogP contribution < -0.4 is 14.8 Å². The van der Waals surface area contributed by atoms with Gasteiger partial charge in [0.2, 0.25) is 0 Å². The van der Waals surface area contributed by atoms with E-state index in [-0.39, 0.29) is 0 Å². The molecule has 3 nitrogen and oxygen atoms in total. The van der Waals surface area contributed by atoms with Gasteiger partial charge in [-0.05, 0) is 13.0 Å². The van der Waals surface area contributed by atoms with Crippen LogP contribution in [0, 0.1) is 0 Å². The zero-order chi connectivity index (χ0) is 11.5. The minimum atomic E-state index is 0.306. The van der Waals surface area contributed by atoms with E-state index in [9.17, 15) is 0 Å². The van der Waals surface area contributed by atoms with Gasteiger partial charge < -0.3 is 9.47 Å². The molecular weight excluding hydrogens is 222 g/mol. The minimum absolute atomic E-state index is 0.306. The topological polar surface area (TPSA) is 30.5 Å². The first-order chi connectivity index (χ1) is 7.76. The van der Waals surface area contributed by atoms with E-state index in [1.807, 2.05) is 23.9 Å². The van der Waals surface area contributed by atoms with E-state index < -0.39 is 0 Å². The highest BCUT2D eigenvalue weighted by atomic mass is 32.2. The summed E-state index contributed by atoms with van der Waals surface area (Å²) in [5, 5.41) is 3.83. The van der Waals surface area contributed by atoms with Crippen LogP contribution in [-0.2, 0) is 0 Å². The third kappa shape index (κ3) is 2.13. The van der Waals surface area contributed by atoms with Gasteiger partial charge in [0.25, 0.3) is 0 Å². The third-order valence-electron chi connectivity index (χ3n) is 2.66. The smallest absolute Gasteiger partial charge is 0.166 e. The summed E-state index contributed by atoms with van der Waals surface area (Å²) in [5.74, 6) is 2.76. The van der Waals surface area contributed by atoms with E-state index in [4.69, 9.17) is 9.47 Å². The van der Waals surface area contributed by atoms with Crippen LogP contribution >= 0.6 is 11.8 Å². The Bertz CT molecular complexity index is 370. The molecule has 0 aliphatic carbocycles. The first-order valence-corrected chi connectivity index (χ1v) is 6.39. The number of methoxy groups -OCH3 is 2. The van der Waals surface area contributed by atoms with E-state index in [0.29, 0.717) is 11.4 Å². The van der Waals surface area contributed by atoms with Crippen molar-refractivity contribution in [1.29, 1.82) is 0 Å². The van der Waals surface area contributed by atoms with Gasteiger partial charge in [-0.2, -0.15) is 0 Å². The van der Waals surface area contributed by atoms with Crippen molar-refractivity contribution in [1.82, 2.24) is 5.32 Å². The van der Waals surface area contributed by atoms with Crippen molar-refractivity contribution in [2.24, 2.45) is 0 Å². The Kier molecular flexibility index (Phi) is 3.61. The molecule has 1 aromatic carbocycles. The fourth-order valence-electron chi connectivity index (χ4n) is 1.89. The second kappa shape index (κ2) is 4.97. The molecule has 2 atom stereocenters. The summed E-state index contributed by atoms with van der Waals surface area (Å²) in [4.78, 5) is 0. The summed E-state index contributed by atoms with van der Waals surface area (Å²) in [6.07, 6.45) is 0. The molecule has 0 aromatic heterocycles. The largest absolute Gasteiger partial charge is 0.493 e. The summed E-state index contributed by atoms with van der Waals surface area (Å²) >= 11 is 1.91. The molecule has 1 heterocycles. The van der Waals surface area contributed by atoms with E-state index in [2.05, 4.69) is 18.3 Å².